The number of aromatic nitrogens is 1. The zero-order chi connectivity index (χ0) is 12.3. The van der Waals surface area contributed by atoms with Gasteiger partial charge in [0.15, 0.2) is 6.29 Å². The summed E-state index contributed by atoms with van der Waals surface area (Å²) in [7, 11) is 0. The van der Waals surface area contributed by atoms with Crippen LogP contribution in [0.15, 0.2) is 11.0 Å². The van der Waals surface area contributed by atoms with Crippen molar-refractivity contribution in [3.8, 4) is 5.75 Å². The number of hydrogen-bond acceptors (Lipinski definition) is 3. The molecule has 1 N–H and O–H groups in total. The fourth-order valence-corrected chi connectivity index (χ4v) is 1.24. The molecule has 0 aliphatic heterocycles. The van der Waals surface area contributed by atoms with Gasteiger partial charge in [-0.25, -0.2) is 0 Å². The third-order valence-corrected chi connectivity index (χ3v) is 1.94. The molecule has 0 unspecified atom stereocenters. The molecule has 88 valence electrons. The highest BCUT2D eigenvalue weighted by atomic mass is 35.5. The van der Waals surface area contributed by atoms with Gasteiger partial charge in [0, 0.05) is 12.1 Å². The highest BCUT2D eigenvalue weighted by molar-refractivity contribution is 6.17. The van der Waals surface area contributed by atoms with E-state index in [0.29, 0.717) is 0 Å². The summed E-state index contributed by atoms with van der Waals surface area (Å²) in [5.74, 6) is -1.32. The Labute approximate surface area is 92.0 Å². The van der Waals surface area contributed by atoms with Gasteiger partial charge >= 0.3 is 6.36 Å². The van der Waals surface area contributed by atoms with Crippen molar-refractivity contribution in [2.24, 2.45) is 0 Å². The monoisotopic (exact) mass is 255 g/mol. The van der Waals surface area contributed by atoms with E-state index >= 15 is 0 Å². The minimum atomic E-state index is -5.05. The predicted molar refractivity (Wildman–Crippen MR) is 48.7 cm³/mol. The predicted octanol–water partition coefficient (Wildman–Crippen LogP) is 1.82. The third kappa shape index (κ3) is 2.75. The van der Waals surface area contributed by atoms with E-state index in [1.165, 1.54) is 0 Å². The lowest BCUT2D eigenvalue weighted by atomic mass is 10.1. The van der Waals surface area contributed by atoms with Crippen molar-refractivity contribution in [1.29, 1.82) is 0 Å². The van der Waals surface area contributed by atoms with Crippen LogP contribution in [0.4, 0.5) is 13.2 Å². The van der Waals surface area contributed by atoms with E-state index in [9.17, 15) is 22.8 Å². The second-order valence-electron chi connectivity index (χ2n) is 2.69. The minimum Gasteiger partial charge on any atom is -0.399 e. The molecule has 1 aromatic heterocycles. The second-order valence-corrected chi connectivity index (χ2v) is 2.95. The van der Waals surface area contributed by atoms with Crippen LogP contribution in [0.1, 0.15) is 15.9 Å². The van der Waals surface area contributed by atoms with Crippen LogP contribution in [0.3, 0.4) is 0 Å². The number of halogens is 4. The first-order chi connectivity index (χ1) is 7.39. The van der Waals surface area contributed by atoms with Crippen LogP contribution in [-0.2, 0) is 5.88 Å². The van der Waals surface area contributed by atoms with Crippen molar-refractivity contribution < 1.29 is 22.7 Å². The maximum Gasteiger partial charge on any atom is 0.573 e. The molecule has 0 saturated heterocycles. The van der Waals surface area contributed by atoms with Gasteiger partial charge in [-0.15, -0.1) is 24.8 Å². The first-order valence-electron chi connectivity index (χ1n) is 3.90. The number of aromatic amines is 1. The zero-order valence-electron chi connectivity index (χ0n) is 7.60. The van der Waals surface area contributed by atoms with Crippen molar-refractivity contribution in [2.45, 2.75) is 12.2 Å². The van der Waals surface area contributed by atoms with Crippen LogP contribution >= 0.6 is 11.6 Å². The molecule has 0 fully saturated rings. The molecular weight excluding hydrogens is 251 g/mol. The number of nitrogens with one attached hydrogen (secondary N) is 1. The molecular formula is C8H5ClF3NO3. The highest BCUT2D eigenvalue weighted by Gasteiger charge is 2.34. The molecule has 0 saturated carbocycles. The van der Waals surface area contributed by atoms with Crippen molar-refractivity contribution >= 4 is 17.9 Å². The SMILES string of the molecule is O=Cc1c(CCl)c[nH]c(=O)c1OC(F)(F)F. The molecule has 0 spiro atoms. The van der Waals surface area contributed by atoms with E-state index < -0.39 is 23.2 Å². The van der Waals surface area contributed by atoms with E-state index in [1.807, 2.05) is 4.98 Å². The average molecular weight is 256 g/mol. The van der Waals surface area contributed by atoms with Crippen LogP contribution in [0.25, 0.3) is 0 Å². The van der Waals surface area contributed by atoms with Crippen LogP contribution in [0.2, 0.25) is 0 Å². The molecule has 0 aliphatic rings. The van der Waals surface area contributed by atoms with Gasteiger partial charge in [-0.2, -0.15) is 0 Å². The minimum absolute atomic E-state index is 0.0514. The Balaban J connectivity index is 3.35. The summed E-state index contributed by atoms with van der Waals surface area (Å²) in [6.07, 6.45) is -3.90. The number of hydrogen-bond donors (Lipinski definition) is 1. The highest BCUT2D eigenvalue weighted by Crippen LogP contribution is 2.24. The van der Waals surface area contributed by atoms with Gasteiger partial charge in [0.2, 0.25) is 5.75 Å². The molecule has 8 heteroatoms. The van der Waals surface area contributed by atoms with Crippen LogP contribution in [0, 0.1) is 0 Å². The van der Waals surface area contributed by atoms with Crippen LogP contribution < -0.4 is 10.3 Å². The molecule has 1 aromatic rings. The second kappa shape index (κ2) is 4.56. The lowest BCUT2D eigenvalue weighted by molar-refractivity contribution is -0.275. The van der Waals surface area contributed by atoms with Crippen molar-refractivity contribution in [3.05, 3.63) is 27.7 Å². The van der Waals surface area contributed by atoms with Gasteiger partial charge in [0.05, 0.1) is 5.56 Å². The molecule has 0 radical (unpaired) electrons. The van der Waals surface area contributed by atoms with Crippen molar-refractivity contribution in [1.82, 2.24) is 4.98 Å². The summed E-state index contributed by atoms with van der Waals surface area (Å²) < 4.78 is 39.3. The number of aldehydes is 1. The van der Waals surface area contributed by atoms with E-state index in [-0.39, 0.29) is 17.7 Å². The molecule has 0 aliphatic carbocycles. The standard InChI is InChI=1S/C8H5ClF3NO3/c9-1-4-2-13-7(15)6(5(4)3-14)16-8(10,11)12/h2-3H,1H2,(H,13,15). The molecule has 0 amide bonds. The van der Waals surface area contributed by atoms with Crippen molar-refractivity contribution in [3.63, 3.8) is 0 Å². The van der Waals surface area contributed by atoms with Gasteiger partial charge < -0.3 is 9.72 Å². The van der Waals surface area contributed by atoms with Gasteiger partial charge in [-0.1, -0.05) is 0 Å². The fraction of sp³-hybridized carbons (Fsp3) is 0.250. The Morgan fingerprint density at radius 3 is 2.56 bits per heavy atom. The summed E-state index contributed by atoms with van der Waals surface area (Å²) in [6, 6.07) is 0. The van der Waals surface area contributed by atoms with Gasteiger partial charge in [-0.05, 0) is 5.56 Å². The first kappa shape index (κ1) is 12.6. The lowest BCUT2D eigenvalue weighted by Crippen LogP contribution is -2.24. The molecule has 1 rings (SSSR count). The molecule has 4 nitrogen and oxygen atoms in total. The Morgan fingerprint density at radius 1 is 1.50 bits per heavy atom. The summed E-state index contributed by atoms with van der Waals surface area (Å²) in [6.45, 7) is 0. The maximum absolute atomic E-state index is 11.9. The number of pyridine rings is 1. The number of rotatable bonds is 3. The molecule has 0 bridgehead atoms. The Kier molecular flexibility index (Phi) is 3.58. The van der Waals surface area contributed by atoms with E-state index in [0.717, 1.165) is 6.20 Å². The zero-order valence-corrected chi connectivity index (χ0v) is 8.35. The normalized spacial score (nSPS) is 11.2. The third-order valence-electron chi connectivity index (χ3n) is 1.65. The average Bonchev–Trinajstić information content (AvgIpc) is 2.19. The number of alkyl halides is 4. The van der Waals surface area contributed by atoms with Crippen LogP contribution in [0.5, 0.6) is 5.75 Å². The largest absolute Gasteiger partial charge is 0.573 e. The maximum atomic E-state index is 11.9. The summed E-state index contributed by atoms with van der Waals surface area (Å²) >= 11 is 5.39. The molecule has 0 aromatic carbocycles. The topological polar surface area (TPSA) is 59.2 Å². The summed E-state index contributed by atoms with van der Waals surface area (Å²) in [4.78, 5) is 23.6. The number of H-pyrrole nitrogens is 1. The number of carbonyl (C=O) groups is 1. The lowest BCUT2D eigenvalue weighted by Gasteiger charge is -2.11. The fourth-order valence-electron chi connectivity index (χ4n) is 1.02. The van der Waals surface area contributed by atoms with Gasteiger partial charge in [0.25, 0.3) is 5.56 Å². The van der Waals surface area contributed by atoms with Crippen molar-refractivity contribution in [2.75, 3.05) is 0 Å². The van der Waals surface area contributed by atoms with Crippen LogP contribution in [-0.4, -0.2) is 17.6 Å². The molecule has 16 heavy (non-hydrogen) atoms. The number of ether oxygens (including phenoxy) is 1. The molecule has 1 heterocycles. The Bertz CT molecular complexity index is 455. The smallest absolute Gasteiger partial charge is 0.399 e. The number of carbonyl (C=O) groups excluding carboxylic acids is 1. The summed E-state index contributed by atoms with van der Waals surface area (Å²) in [5.41, 5.74) is -1.60. The Morgan fingerprint density at radius 2 is 2.12 bits per heavy atom. The van der Waals surface area contributed by atoms with Gasteiger partial charge in [0.1, 0.15) is 0 Å². The quantitative estimate of drug-likeness (QED) is 0.662. The first-order valence-corrected chi connectivity index (χ1v) is 4.44. The molecule has 0 atom stereocenters. The van der Waals surface area contributed by atoms with E-state index in [4.69, 9.17) is 11.6 Å². The summed E-state index contributed by atoms with van der Waals surface area (Å²) in [5, 5.41) is 0. The Hall–Kier alpha value is -1.50. The van der Waals surface area contributed by atoms with Gasteiger partial charge in [-0.3, -0.25) is 9.59 Å². The van der Waals surface area contributed by atoms with E-state index in [2.05, 4.69) is 4.74 Å². The van der Waals surface area contributed by atoms with E-state index in [1.54, 1.807) is 0 Å².